The van der Waals surface area contributed by atoms with E-state index in [4.69, 9.17) is 9.47 Å². The molecular formula is C16H16N2O2. The van der Waals surface area contributed by atoms with E-state index in [0.717, 1.165) is 34.0 Å². The van der Waals surface area contributed by atoms with Crippen LogP contribution >= 0.6 is 0 Å². The van der Waals surface area contributed by atoms with Crippen LogP contribution in [0.15, 0.2) is 36.4 Å². The van der Waals surface area contributed by atoms with E-state index in [1.165, 1.54) is 0 Å². The molecule has 2 aliphatic heterocycles. The normalized spacial score (nSPS) is 22.1. The quantitative estimate of drug-likeness (QED) is 0.769. The summed E-state index contributed by atoms with van der Waals surface area (Å²) in [6, 6.07) is 12.1. The summed E-state index contributed by atoms with van der Waals surface area (Å²) in [4.78, 5) is 0. The molecule has 4 nitrogen and oxygen atoms in total. The third-order valence-corrected chi connectivity index (χ3v) is 3.83. The number of anilines is 2. The largest absolute Gasteiger partial charge is 0.462 e. The van der Waals surface area contributed by atoms with Crippen LogP contribution in [0, 0.1) is 13.8 Å². The smallest absolute Gasteiger partial charge is 0.226 e. The van der Waals surface area contributed by atoms with E-state index in [1.54, 1.807) is 0 Å². The minimum atomic E-state index is -0.224. The topological polar surface area (TPSA) is 42.5 Å². The van der Waals surface area contributed by atoms with Gasteiger partial charge in [-0.05, 0) is 37.1 Å². The average molecular weight is 268 g/mol. The van der Waals surface area contributed by atoms with Gasteiger partial charge in [-0.15, -0.1) is 0 Å². The monoisotopic (exact) mass is 268 g/mol. The van der Waals surface area contributed by atoms with Gasteiger partial charge >= 0.3 is 0 Å². The molecular weight excluding hydrogens is 252 g/mol. The molecule has 0 spiro atoms. The molecule has 2 aliphatic rings. The molecule has 2 atom stereocenters. The van der Waals surface area contributed by atoms with Crippen molar-refractivity contribution in [1.82, 2.24) is 0 Å². The minimum absolute atomic E-state index is 0.224. The molecule has 0 bridgehead atoms. The molecule has 0 aliphatic carbocycles. The second-order valence-corrected chi connectivity index (χ2v) is 5.26. The van der Waals surface area contributed by atoms with Gasteiger partial charge in [0, 0.05) is 0 Å². The molecule has 0 amide bonds. The molecule has 4 heteroatoms. The molecule has 0 radical (unpaired) electrons. The van der Waals surface area contributed by atoms with Crippen LogP contribution in [-0.4, -0.2) is 12.5 Å². The van der Waals surface area contributed by atoms with Crippen LogP contribution in [0.5, 0.6) is 11.5 Å². The molecule has 102 valence electrons. The van der Waals surface area contributed by atoms with E-state index in [0.29, 0.717) is 0 Å². The number of benzene rings is 2. The van der Waals surface area contributed by atoms with E-state index in [2.05, 4.69) is 36.6 Å². The van der Waals surface area contributed by atoms with Gasteiger partial charge in [0.15, 0.2) is 0 Å². The summed E-state index contributed by atoms with van der Waals surface area (Å²) in [5.41, 5.74) is 4.32. The van der Waals surface area contributed by atoms with E-state index in [1.807, 2.05) is 24.3 Å². The predicted molar refractivity (Wildman–Crippen MR) is 78.4 cm³/mol. The van der Waals surface area contributed by atoms with Crippen molar-refractivity contribution in [2.24, 2.45) is 0 Å². The Labute approximate surface area is 117 Å². The van der Waals surface area contributed by atoms with E-state index < -0.39 is 0 Å². The van der Waals surface area contributed by atoms with Gasteiger partial charge in [0.1, 0.15) is 11.5 Å². The highest BCUT2D eigenvalue weighted by molar-refractivity contribution is 5.68. The Hall–Kier alpha value is -2.36. The fourth-order valence-corrected chi connectivity index (χ4v) is 2.74. The highest BCUT2D eigenvalue weighted by Crippen LogP contribution is 2.40. The number of para-hydroxylation sites is 2. The molecule has 0 aromatic heterocycles. The van der Waals surface area contributed by atoms with Crippen LogP contribution < -0.4 is 20.1 Å². The zero-order valence-corrected chi connectivity index (χ0v) is 11.4. The maximum atomic E-state index is 6.03. The second-order valence-electron chi connectivity index (χ2n) is 5.26. The van der Waals surface area contributed by atoms with Crippen LogP contribution in [0.25, 0.3) is 0 Å². The highest BCUT2D eigenvalue weighted by Gasteiger charge is 2.36. The van der Waals surface area contributed by atoms with Gasteiger partial charge in [0.25, 0.3) is 0 Å². The molecule has 4 rings (SSSR count). The number of nitrogens with one attached hydrogen (secondary N) is 2. The maximum absolute atomic E-state index is 6.03. The van der Waals surface area contributed by atoms with Gasteiger partial charge in [-0.1, -0.05) is 24.3 Å². The molecule has 20 heavy (non-hydrogen) atoms. The lowest BCUT2D eigenvalue weighted by Gasteiger charge is -2.40. The summed E-state index contributed by atoms with van der Waals surface area (Å²) >= 11 is 0. The van der Waals surface area contributed by atoms with E-state index in [-0.39, 0.29) is 12.5 Å². The van der Waals surface area contributed by atoms with Crippen molar-refractivity contribution in [3.05, 3.63) is 47.5 Å². The molecule has 0 saturated carbocycles. The first-order chi connectivity index (χ1) is 9.72. The average Bonchev–Trinajstić information content (AvgIpc) is 2.45. The molecule has 2 N–H and O–H groups in total. The van der Waals surface area contributed by atoms with Gasteiger partial charge in [0.05, 0.1) is 11.4 Å². The summed E-state index contributed by atoms with van der Waals surface area (Å²) < 4.78 is 12.1. The van der Waals surface area contributed by atoms with Gasteiger partial charge in [-0.2, -0.15) is 0 Å². The first-order valence-corrected chi connectivity index (χ1v) is 6.78. The van der Waals surface area contributed by atoms with Crippen molar-refractivity contribution < 1.29 is 9.47 Å². The Morgan fingerprint density at radius 1 is 0.750 bits per heavy atom. The van der Waals surface area contributed by atoms with Crippen LogP contribution in [0.2, 0.25) is 0 Å². The summed E-state index contributed by atoms with van der Waals surface area (Å²) in [7, 11) is 0. The lowest BCUT2D eigenvalue weighted by atomic mass is 10.1. The molecule has 2 heterocycles. The molecule has 0 fully saturated rings. The van der Waals surface area contributed by atoms with E-state index in [9.17, 15) is 0 Å². The Kier molecular flexibility index (Phi) is 2.33. The second kappa shape index (κ2) is 4.07. The predicted octanol–water partition coefficient (Wildman–Crippen LogP) is 3.26. The van der Waals surface area contributed by atoms with Crippen LogP contribution in [0.4, 0.5) is 11.4 Å². The molecule has 0 unspecified atom stereocenters. The van der Waals surface area contributed by atoms with Crippen molar-refractivity contribution in [2.75, 3.05) is 10.6 Å². The minimum Gasteiger partial charge on any atom is -0.462 e. The van der Waals surface area contributed by atoms with Crippen molar-refractivity contribution in [1.29, 1.82) is 0 Å². The Morgan fingerprint density at radius 3 is 1.65 bits per heavy atom. The Bertz CT molecular complexity index is 625. The fraction of sp³-hybridized carbons (Fsp3) is 0.250. The van der Waals surface area contributed by atoms with Crippen LogP contribution in [0.1, 0.15) is 11.1 Å². The number of aryl methyl sites for hydroxylation is 2. The Morgan fingerprint density at radius 2 is 1.20 bits per heavy atom. The van der Waals surface area contributed by atoms with Gasteiger partial charge in [-0.3, -0.25) is 0 Å². The molecule has 0 saturated heterocycles. The maximum Gasteiger partial charge on any atom is 0.226 e. The molecule has 2 aromatic rings. The van der Waals surface area contributed by atoms with E-state index >= 15 is 0 Å². The fourth-order valence-electron chi connectivity index (χ4n) is 2.74. The van der Waals surface area contributed by atoms with Gasteiger partial charge in [-0.25, -0.2) is 0 Å². The number of hydrogen-bond donors (Lipinski definition) is 2. The number of ether oxygens (including phenoxy) is 2. The third kappa shape index (κ3) is 1.61. The van der Waals surface area contributed by atoms with Gasteiger partial charge in [0.2, 0.25) is 12.5 Å². The van der Waals surface area contributed by atoms with Crippen LogP contribution in [0.3, 0.4) is 0 Å². The first kappa shape index (κ1) is 11.5. The number of fused-ring (bicyclic) bond motifs is 3. The summed E-state index contributed by atoms with van der Waals surface area (Å²) in [5, 5.41) is 6.84. The number of rotatable bonds is 0. The summed E-state index contributed by atoms with van der Waals surface area (Å²) in [5.74, 6) is 1.72. The molecule has 2 aromatic carbocycles. The standard InChI is InChI=1S/C16H16N2O2/c1-9-5-3-7-11-13(9)17-15-16(19-11)18-14-10(2)6-4-8-12(14)20-15/h3-8,15-18H,1-2H3/t15-,16-/m0/s1. The van der Waals surface area contributed by atoms with Crippen molar-refractivity contribution in [3.8, 4) is 11.5 Å². The third-order valence-electron chi connectivity index (χ3n) is 3.83. The SMILES string of the molecule is Cc1cccc2c1N[C@H]1Oc3cccc(C)c3N[C@H]1O2. The zero-order chi connectivity index (χ0) is 13.7. The Balaban J connectivity index is 1.73. The van der Waals surface area contributed by atoms with Crippen molar-refractivity contribution >= 4 is 11.4 Å². The first-order valence-electron chi connectivity index (χ1n) is 6.78. The summed E-state index contributed by atoms with van der Waals surface area (Å²) in [6.45, 7) is 4.12. The number of hydrogen-bond acceptors (Lipinski definition) is 4. The van der Waals surface area contributed by atoms with Crippen molar-refractivity contribution in [2.45, 2.75) is 26.3 Å². The van der Waals surface area contributed by atoms with Gasteiger partial charge < -0.3 is 20.1 Å². The lowest BCUT2D eigenvalue weighted by molar-refractivity contribution is 0.0697. The summed E-state index contributed by atoms with van der Waals surface area (Å²) in [6.07, 6.45) is -0.448. The lowest BCUT2D eigenvalue weighted by Crippen LogP contribution is -2.52. The highest BCUT2D eigenvalue weighted by atomic mass is 16.6. The van der Waals surface area contributed by atoms with Crippen molar-refractivity contribution in [3.63, 3.8) is 0 Å². The van der Waals surface area contributed by atoms with Crippen LogP contribution in [-0.2, 0) is 0 Å². The zero-order valence-electron chi connectivity index (χ0n) is 11.4.